The van der Waals surface area contributed by atoms with Gasteiger partial charge < -0.3 is 10.3 Å². The Morgan fingerprint density at radius 2 is 2.11 bits per heavy atom. The van der Waals surface area contributed by atoms with Crippen LogP contribution < -0.4 is 10.5 Å². The summed E-state index contributed by atoms with van der Waals surface area (Å²) < 4.78 is 31.0. The van der Waals surface area contributed by atoms with E-state index in [1.54, 1.807) is 6.92 Å². The van der Waals surface area contributed by atoms with E-state index >= 15 is 0 Å². The first-order valence-electron chi connectivity index (χ1n) is 4.89. The quantitative estimate of drug-likeness (QED) is 0.842. The highest BCUT2D eigenvalue weighted by Crippen LogP contribution is 2.23. The predicted molar refractivity (Wildman–Crippen MR) is 67.9 cm³/mol. The molecule has 8 heteroatoms. The zero-order chi connectivity index (χ0) is 13.3. The minimum absolute atomic E-state index is 0.00143. The van der Waals surface area contributed by atoms with Crippen LogP contribution >= 0.6 is 11.6 Å². The second-order valence-electron chi connectivity index (χ2n) is 3.62. The van der Waals surface area contributed by atoms with Gasteiger partial charge in [0.2, 0.25) is 5.88 Å². The molecule has 0 bridgehead atoms. The van der Waals surface area contributed by atoms with Gasteiger partial charge in [-0.3, -0.25) is 0 Å². The molecule has 0 saturated heterocycles. The molecule has 3 N–H and O–H groups in total. The Balaban J connectivity index is 2.33. The zero-order valence-corrected chi connectivity index (χ0v) is 10.9. The number of anilines is 2. The van der Waals surface area contributed by atoms with E-state index < -0.39 is 10.0 Å². The summed E-state index contributed by atoms with van der Waals surface area (Å²) in [6.07, 6.45) is 0. The Kier molecular flexibility index (Phi) is 3.18. The van der Waals surface area contributed by atoms with Gasteiger partial charge in [-0.25, -0.2) is 13.1 Å². The number of hydrogen-bond acceptors (Lipinski definition) is 5. The van der Waals surface area contributed by atoms with Crippen LogP contribution in [0.1, 0.15) is 5.69 Å². The fourth-order valence-electron chi connectivity index (χ4n) is 1.29. The van der Waals surface area contributed by atoms with Crippen LogP contribution in [0.2, 0.25) is 5.02 Å². The molecule has 2 aromatic rings. The van der Waals surface area contributed by atoms with Crippen molar-refractivity contribution >= 4 is 33.2 Å². The lowest BCUT2D eigenvalue weighted by Gasteiger charge is -2.06. The smallest absolute Gasteiger partial charge is 0.264 e. The van der Waals surface area contributed by atoms with E-state index in [2.05, 4.69) is 9.88 Å². The molecular formula is C10H10ClN3O3S. The second kappa shape index (κ2) is 4.51. The molecule has 0 saturated carbocycles. The molecule has 2 rings (SSSR count). The van der Waals surface area contributed by atoms with Crippen molar-refractivity contribution in [3.63, 3.8) is 0 Å². The van der Waals surface area contributed by atoms with Gasteiger partial charge in [0.15, 0.2) is 0 Å². The van der Waals surface area contributed by atoms with Crippen molar-refractivity contribution in [3.05, 3.63) is 35.0 Å². The maximum absolute atomic E-state index is 12.0. The minimum Gasteiger partial charge on any atom is -0.397 e. The molecule has 0 radical (unpaired) electrons. The Morgan fingerprint density at radius 3 is 2.67 bits per heavy atom. The normalized spacial score (nSPS) is 11.4. The zero-order valence-electron chi connectivity index (χ0n) is 9.34. The van der Waals surface area contributed by atoms with Crippen LogP contribution in [0.3, 0.4) is 0 Å². The van der Waals surface area contributed by atoms with E-state index in [0.717, 1.165) is 0 Å². The number of nitrogens with two attached hydrogens (primary N) is 1. The number of nitrogens with one attached hydrogen (secondary N) is 1. The van der Waals surface area contributed by atoms with E-state index in [4.69, 9.17) is 21.9 Å². The van der Waals surface area contributed by atoms with Crippen LogP contribution in [-0.2, 0) is 10.0 Å². The molecule has 0 aliphatic heterocycles. The molecule has 0 fully saturated rings. The van der Waals surface area contributed by atoms with Gasteiger partial charge in [-0.15, -0.1) is 0 Å². The predicted octanol–water partition coefficient (Wildman–Crippen LogP) is 2.02. The molecule has 0 aliphatic rings. The van der Waals surface area contributed by atoms with Crippen molar-refractivity contribution in [2.75, 3.05) is 10.5 Å². The highest BCUT2D eigenvalue weighted by Gasteiger charge is 2.17. The number of aryl methyl sites for hydroxylation is 1. The number of halogens is 1. The summed E-state index contributed by atoms with van der Waals surface area (Å²) in [4.78, 5) is -0.00143. The van der Waals surface area contributed by atoms with Crippen molar-refractivity contribution in [1.29, 1.82) is 0 Å². The highest BCUT2D eigenvalue weighted by atomic mass is 35.5. The largest absolute Gasteiger partial charge is 0.397 e. The maximum atomic E-state index is 12.0. The minimum atomic E-state index is -3.76. The standard InChI is InChI=1S/C10H10ClN3O3S/c1-6-4-10(17-13-6)14-18(15,16)7-2-3-8(11)9(12)5-7/h2-5,14H,12H2,1H3. The van der Waals surface area contributed by atoms with E-state index in [1.807, 2.05) is 0 Å². The number of nitrogen functional groups attached to an aromatic ring is 1. The molecule has 0 unspecified atom stereocenters. The van der Waals surface area contributed by atoms with Crippen LogP contribution in [0.4, 0.5) is 11.6 Å². The van der Waals surface area contributed by atoms with Crippen molar-refractivity contribution < 1.29 is 12.9 Å². The molecule has 1 aromatic carbocycles. The first kappa shape index (κ1) is 12.7. The van der Waals surface area contributed by atoms with E-state index in [1.165, 1.54) is 24.3 Å². The lowest BCUT2D eigenvalue weighted by Crippen LogP contribution is -2.12. The topological polar surface area (TPSA) is 98.2 Å². The molecule has 96 valence electrons. The molecule has 18 heavy (non-hydrogen) atoms. The summed E-state index contributed by atoms with van der Waals surface area (Å²) in [5.41, 5.74) is 6.32. The van der Waals surface area contributed by atoms with Gasteiger partial charge in [-0.2, -0.15) is 0 Å². The van der Waals surface area contributed by atoms with Gasteiger partial charge in [-0.05, 0) is 25.1 Å². The summed E-state index contributed by atoms with van der Waals surface area (Å²) in [5, 5.41) is 3.87. The van der Waals surface area contributed by atoms with E-state index in [0.29, 0.717) is 10.7 Å². The van der Waals surface area contributed by atoms with E-state index in [-0.39, 0.29) is 16.5 Å². The average molecular weight is 288 g/mol. The monoisotopic (exact) mass is 287 g/mol. The van der Waals surface area contributed by atoms with Crippen LogP contribution in [0.5, 0.6) is 0 Å². The Bertz CT molecular complexity index is 681. The Labute approximate surface area is 109 Å². The number of rotatable bonds is 3. The molecular weight excluding hydrogens is 278 g/mol. The second-order valence-corrected chi connectivity index (χ2v) is 5.71. The number of benzene rings is 1. The van der Waals surface area contributed by atoms with Gasteiger partial charge in [0.05, 0.1) is 21.3 Å². The molecule has 0 aliphatic carbocycles. The first-order chi connectivity index (χ1) is 8.38. The molecule has 0 spiro atoms. The third kappa shape index (κ3) is 2.57. The summed E-state index contributed by atoms with van der Waals surface area (Å²) in [7, 11) is -3.76. The fraction of sp³-hybridized carbons (Fsp3) is 0.100. The summed E-state index contributed by atoms with van der Waals surface area (Å²) in [6.45, 7) is 1.68. The van der Waals surface area contributed by atoms with Gasteiger partial charge in [0.25, 0.3) is 10.0 Å². The molecule has 1 heterocycles. The Morgan fingerprint density at radius 1 is 1.39 bits per heavy atom. The first-order valence-corrected chi connectivity index (χ1v) is 6.76. The van der Waals surface area contributed by atoms with Gasteiger partial charge in [0.1, 0.15) is 0 Å². The highest BCUT2D eigenvalue weighted by molar-refractivity contribution is 7.92. The summed E-state index contributed by atoms with van der Waals surface area (Å²) in [5.74, 6) is 0.0426. The van der Waals surface area contributed by atoms with Crippen molar-refractivity contribution in [3.8, 4) is 0 Å². The number of aromatic nitrogens is 1. The lowest BCUT2D eigenvalue weighted by atomic mass is 10.3. The fourth-order valence-corrected chi connectivity index (χ4v) is 2.42. The number of nitrogens with zero attached hydrogens (tertiary/aromatic N) is 1. The maximum Gasteiger partial charge on any atom is 0.264 e. The van der Waals surface area contributed by atoms with Crippen LogP contribution in [-0.4, -0.2) is 13.6 Å². The SMILES string of the molecule is Cc1cc(NS(=O)(=O)c2ccc(Cl)c(N)c2)on1. The molecule has 1 aromatic heterocycles. The van der Waals surface area contributed by atoms with Crippen molar-refractivity contribution in [1.82, 2.24) is 5.16 Å². The number of sulfonamides is 1. The Hall–Kier alpha value is -1.73. The lowest BCUT2D eigenvalue weighted by molar-refractivity contribution is 0.430. The molecule has 0 amide bonds. The van der Waals surface area contributed by atoms with Crippen molar-refractivity contribution in [2.24, 2.45) is 0 Å². The molecule has 6 nitrogen and oxygen atoms in total. The number of hydrogen-bond donors (Lipinski definition) is 2. The summed E-state index contributed by atoms with van der Waals surface area (Å²) >= 11 is 5.73. The van der Waals surface area contributed by atoms with E-state index in [9.17, 15) is 8.42 Å². The van der Waals surface area contributed by atoms with Crippen LogP contribution in [0.15, 0.2) is 33.7 Å². The molecule has 0 atom stereocenters. The third-order valence-electron chi connectivity index (χ3n) is 2.14. The van der Waals surface area contributed by atoms with Crippen molar-refractivity contribution in [2.45, 2.75) is 11.8 Å². The third-order valence-corrected chi connectivity index (χ3v) is 3.83. The average Bonchev–Trinajstić information content (AvgIpc) is 2.67. The van der Waals surface area contributed by atoms with Crippen LogP contribution in [0, 0.1) is 6.92 Å². The van der Waals surface area contributed by atoms with Crippen LogP contribution in [0.25, 0.3) is 0 Å². The van der Waals surface area contributed by atoms with Gasteiger partial charge in [-0.1, -0.05) is 16.8 Å². The van der Waals surface area contributed by atoms with Gasteiger partial charge >= 0.3 is 0 Å². The summed E-state index contributed by atoms with van der Waals surface area (Å²) in [6, 6.07) is 5.51. The van der Waals surface area contributed by atoms with Gasteiger partial charge in [0, 0.05) is 6.07 Å².